The number of aromatic nitrogens is 4. The number of fused-ring (bicyclic) bond motifs is 1. The van der Waals surface area contributed by atoms with Gasteiger partial charge in [-0.1, -0.05) is 23.4 Å². The highest BCUT2D eigenvalue weighted by molar-refractivity contribution is 6.30. The highest BCUT2D eigenvalue weighted by atomic mass is 35.5. The molecule has 3 aromatic rings. The molecule has 0 unspecified atom stereocenters. The first-order chi connectivity index (χ1) is 8.84. The number of halogens is 1. The van der Waals surface area contributed by atoms with E-state index in [1.165, 1.54) is 0 Å². The molecule has 0 fully saturated rings. The van der Waals surface area contributed by atoms with Crippen LogP contribution in [-0.2, 0) is 13.1 Å². The summed E-state index contributed by atoms with van der Waals surface area (Å²) in [7, 11) is 0. The van der Waals surface area contributed by atoms with Gasteiger partial charge in [-0.15, -0.1) is 10.2 Å². The molecule has 3 rings (SSSR count). The van der Waals surface area contributed by atoms with E-state index in [4.69, 9.17) is 16.0 Å². The van der Waals surface area contributed by atoms with E-state index < -0.39 is 0 Å². The number of para-hydroxylation sites is 1. The summed E-state index contributed by atoms with van der Waals surface area (Å²) >= 11 is 6.07. The number of H-pyrrole nitrogens is 1. The highest BCUT2D eigenvalue weighted by Crippen LogP contribution is 2.29. The fourth-order valence-corrected chi connectivity index (χ4v) is 2.04. The van der Waals surface area contributed by atoms with E-state index in [0.717, 1.165) is 16.5 Å². The Morgan fingerprint density at radius 3 is 3.00 bits per heavy atom. The van der Waals surface area contributed by atoms with Crippen LogP contribution in [0.1, 0.15) is 11.4 Å². The van der Waals surface area contributed by atoms with Crippen molar-refractivity contribution in [3.8, 4) is 0 Å². The number of hydrogen-bond acceptors (Lipinski definition) is 5. The summed E-state index contributed by atoms with van der Waals surface area (Å²) in [6.07, 6.45) is 0. The van der Waals surface area contributed by atoms with Crippen LogP contribution in [0.3, 0.4) is 0 Å². The number of tetrazole rings is 1. The molecule has 7 heteroatoms. The van der Waals surface area contributed by atoms with Gasteiger partial charge in [0.1, 0.15) is 5.58 Å². The van der Waals surface area contributed by atoms with E-state index in [-0.39, 0.29) is 0 Å². The third-order valence-corrected chi connectivity index (χ3v) is 2.93. The molecular formula is C11H10ClN5O. The topological polar surface area (TPSA) is 79.6 Å². The minimum absolute atomic E-state index is 0.414. The van der Waals surface area contributed by atoms with Crippen molar-refractivity contribution in [3.05, 3.63) is 40.9 Å². The molecule has 2 heterocycles. The molecule has 2 N–H and O–H groups in total. The van der Waals surface area contributed by atoms with Crippen LogP contribution < -0.4 is 5.32 Å². The van der Waals surface area contributed by atoms with Crippen molar-refractivity contribution < 1.29 is 4.42 Å². The molecule has 0 saturated carbocycles. The van der Waals surface area contributed by atoms with Gasteiger partial charge in [0.15, 0.2) is 11.0 Å². The van der Waals surface area contributed by atoms with E-state index in [1.807, 2.05) is 24.3 Å². The summed E-state index contributed by atoms with van der Waals surface area (Å²) in [5.74, 6) is 0.610. The minimum Gasteiger partial charge on any atom is -0.444 e. The predicted octanol–water partition coefficient (Wildman–Crippen LogP) is 1.89. The average Bonchev–Trinajstić information content (AvgIpc) is 2.98. The van der Waals surface area contributed by atoms with Crippen molar-refractivity contribution in [1.29, 1.82) is 0 Å². The standard InChI is InChI=1S/C11H10ClN5O/c12-11-8(5-13-6-10-14-16-17-15-10)7-3-1-2-4-9(7)18-11/h1-4,13H,5-6H2,(H,14,15,16,17). The SMILES string of the molecule is Clc1oc2ccccc2c1CNCc1nn[nH]n1. The second-order valence-electron chi connectivity index (χ2n) is 3.78. The van der Waals surface area contributed by atoms with Gasteiger partial charge in [0.2, 0.25) is 0 Å². The van der Waals surface area contributed by atoms with Crippen LogP contribution >= 0.6 is 11.6 Å². The van der Waals surface area contributed by atoms with Gasteiger partial charge in [0.25, 0.3) is 0 Å². The molecule has 0 saturated heterocycles. The van der Waals surface area contributed by atoms with E-state index in [1.54, 1.807) is 0 Å². The lowest BCUT2D eigenvalue weighted by atomic mass is 10.2. The van der Waals surface area contributed by atoms with Crippen LogP contribution in [0, 0.1) is 0 Å². The Labute approximate surface area is 107 Å². The van der Waals surface area contributed by atoms with Gasteiger partial charge >= 0.3 is 0 Å². The molecule has 0 spiro atoms. The normalized spacial score (nSPS) is 11.2. The second-order valence-corrected chi connectivity index (χ2v) is 4.13. The molecule has 0 atom stereocenters. The smallest absolute Gasteiger partial charge is 0.199 e. The molecular weight excluding hydrogens is 254 g/mol. The maximum Gasteiger partial charge on any atom is 0.199 e. The van der Waals surface area contributed by atoms with Crippen LogP contribution in [-0.4, -0.2) is 20.6 Å². The van der Waals surface area contributed by atoms with Gasteiger partial charge in [0, 0.05) is 17.5 Å². The van der Waals surface area contributed by atoms with E-state index in [0.29, 0.717) is 24.1 Å². The molecule has 18 heavy (non-hydrogen) atoms. The minimum atomic E-state index is 0.414. The first-order valence-electron chi connectivity index (χ1n) is 5.43. The Kier molecular flexibility index (Phi) is 2.95. The summed E-state index contributed by atoms with van der Waals surface area (Å²) in [5.41, 5.74) is 1.73. The molecule has 0 radical (unpaired) electrons. The summed E-state index contributed by atoms with van der Waals surface area (Å²) in [6, 6.07) is 7.75. The van der Waals surface area contributed by atoms with Crippen molar-refractivity contribution in [2.24, 2.45) is 0 Å². The fraction of sp³-hybridized carbons (Fsp3) is 0.182. The van der Waals surface area contributed by atoms with Gasteiger partial charge in [-0.05, 0) is 17.7 Å². The quantitative estimate of drug-likeness (QED) is 0.751. The maximum atomic E-state index is 6.07. The molecule has 6 nitrogen and oxygen atoms in total. The molecule has 2 aromatic heterocycles. The molecule has 0 aliphatic heterocycles. The summed E-state index contributed by atoms with van der Waals surface area (Å²) in [4.78, 5) is 0. The number of hydrogen-bond donors (Lipinski definition) is 2. The van der Waals surface area contributed by atoms with Gasteiger partial charge < -0.3 is 9.73 Å². The lowest BCUT2D eigenvalue weighted by Gasteiger charge is -2.00. The van der Waals surface area contributed by atoms with Crippen molar-refractivity contribution >= 4 is 22.6 Å². The first kappa shape index (κ1) is 11.2. The van der Waals surface area contributed by atoms with E-state index in [9.17, 15) is 0 Å². The third-order valence-electron chi connectivity index (χ3n) is 2.62. The van der Waals surface area contributed by atoms with Gasteiger partial charge in [-0.3, -0.25) is 0 Å². The van der Waals surface area contributed by atoms with Crippen LogP contribution in [0.15, 0.2) is 28.7 Å². The fourth-order valence-electron chi connectivity index (χ4n) is 1.79. The van der Waals surface area contributed by atoms with Gasteiger partial charge in [-0.2, -0.15) is 5.21 Å². The number of nitrogens with one attached hydrogen (secondary N) is 2. The number of benzene rings is 1. The maximum absolute atomic E-state index is 6.07. The number of aromatic amines is 1. The van der Waals surface area contributed by atoms with Crippen molar-refractivity contribution in [2.45, 2.75) is 13.1 Å². The molecule has 0 bridgehead atoms. The zero-order valence-electron chi connectivity index (χ0n) is 9.35. The summed E-state index contributed by atoms with van der Waals surface area (Å²) in [5, 5.41) is 18.2. The Morgan fingerprint density at radius 2 is 2.17 bits per heavy atom. The second kappa shape index (κ2) is 4.75. The molecule has 0 amide bonds. The molecule has 0 aliphatic carbocycles. The first-order valence-corrected chi connectivity index (χ1v) is 5.81. The summed E-state index contributed by atoms with van der Waals surface area (Å²) in [6.45, 7) is 1.11. The van der Waals surface area contributed by atoms with Crippen LogP contribution in [0.4, 0.5) is 0 Å². The van der Waals surface area contributed by atoms with Gasteiger partial charge in [0.05, 0.1) is 6.54 Å². The number of nitrogens with zero attached hydrogens (tertiary/aromatic N) is 3. The van der Waals surface area contributed by atoms with Crippen LogP contribution in [0.25, 0.3) is 11.0 Å². The Balaban J connectivity index is 1.76. The number of furan rings is 1. The van der Waals surface area contributed by atoms with Crippen LogP contribution in [0.5, 0.6) is 0 Å². The predicted molar refractivity (Wildman–Crippen MR) is 65.9 cm³/mol. The highest BCUT2D eigenvalue weighted by Gasteiger charge is 2.11. The van der Waals surface area contributed by atoms with Crippen molar-refractivity contribution in [3.63, 3.8) is 0 Å². The average molecular weight is 264 g/mol. The Bertz CT molecular complexity index is 649. The molecule has 0 aliphatic rings. The monoisotopic (exact) mass is 263 g/mol. The van der Waals surface area contributed by atoms with E-state index >= 15 is 0 Å². The Hall–Kier alpha value is -1.92. The Morgan fingerprint density at radius 1 is 1.28 bits per heavy atom. The molecule has 1 aromatic carbocycles. The summed E-state index contributed by atoms with van der Waals surface area (Å²) < 4.78 is 5.46. The van der Waals surface area contributed by atoms with Crippen molar-refractivity contribution in [2.75, 3.05) is 0 Å². The lowest BCUT2D eigenvalue weighted by Crippen LogP contribution is -2.13. The van der Waals surface area contributed by atoms with E-state index in [2.05, 4.69) is 25.9 Å². The number of rotatable bonds is 4. The zero-order valence-corrected chi connectivity index (χ0v) is 10.1. The molecule has 92 valence electrons. The lowest BCUT2D eigenvalue weighted by molar-refractivity contribution is 0.601. The zero-order chi connectivity index (χ0) is 12.4. The largest absolute Gasteiger partial charge is 0.444 e. The third kappa shape index (κ3) is 2.07. The van der Waals surface area contributed by atoms with Gasteiger partial charge in [-0.25, -0.2) is 0 Å². The van der Waals surface area contributed by atoms with Crippen molar-refractivity contribution in [1.82, 2.24) is 25.9 Å². The van der Waals surface area contributed by atoms with Crippen LogP contribution in [0.2, 0.25) is 5.22 Å².